The van der Waals surface area contributed by atoms with E-state index >= 15 is 0 Å². The fourth-order valence-electron chi connectivity index (χ4n) is 3.53. The number of anilines is 1. The number of carbonyl (C=O) groups is 1. The molecule has 3 rings (SSSR count). The predicted octanol–water partition coefficient (Wildman–Crippen LogP) is 1.95. The molecule has 1 aromatic heterocycles. The summed E-state index contributed by atoms with van der Waals surface area (Å²) in [6, 6.07) is 0.208. The Morgan fingerprint density at radius 1 is 1.35 bits per heavy atom. The molecular formula is C15H25N5O2S. The molecule has 23 heavy (non-hydrogen) atoms. The molecule has 2 aliphatic heterocycles. The van der Waals surface area contributed by atoms with Crippen LogP contribution in [0.15, 0.2) is 0 Å². The van der Waals surface area contributed by atoms with E-state index in [0.29, 0.717) is 5.13 Å². The van der Waals surface area contributed by atoms with E-state index in [1.807, 2.05) is 11.8 Å². The molecule has 0 bridgehead atoms. The van der Waals surface area contributed by atoms with Crippen LogP contribution in [-0.2, 0) is 4.74 Å². The molecule has 1 N–H and O–H groups in total. The Kier molecular flexibility index (Phi) is 5.13. The zero-order chi connectivity index (χ0) is 16.4. The summed E-state index contributed by atoms with van der Waals surface area (Å²) in [4.78, 5) is 16.9. The number of aryl methyl sites for hydroxylation is 1. The topological polar surface area (TPSA) is 70.6 Å². The summed E-state index contributed by atoms with van der Waals surface area (Å²) < 4.78 is 5.79. The highest BCUT2D eigenvalue weighted by Gasteiger charge is 2.32. The number of hydrogen-bond acceptors (Lipinski definition) is 6. The van der Waals surface area contributed by atoms with Crippen molar-refractivity contribution in [3.63, 3.8) is 0 Å². The first-order chi connectivity index (χ1) is 11.0. The molecular weight excluding hydrogens is 314 g/mol. The molecule has 0 saturated carbocycles. The van der Waals surface area contributed by atoms with Crippen molar-refractivity contribution in [1.29, 1.82) is 0 Å². The first-order valence-electron chi connectivity index (χ1n) is 8.27. The van der Waals surface area contributed by atoms with Crippen LogP contribution in [0.25, 0.3) is 0 Å². The van der Waals surface area contributed by atoms with Gasteiger partial charge in [-0.2, -0.15) is 0 Å². The van der Waals surface area contributed by atoms with Crippen LogP contribution in [0.2, 0.25) is 0 Å². The summed E-state index contributed by atoms with van der Waals surface area (Å²) in [5, 5.41) is 12.2. The van der Waals surface area contributed by atoms with E-state index in [0.717, 1.165) is 44.0 Å². The first kappa shape index (κ1) is 16.6. The molecule has 0 spiro atoms. The Balaban J connectivity index is 1.57. The minimum atomic E-state index is -0.0574. The van der Waals surface area contributed by atoms with Gasteiger partial charge in [0.1, 0.15) is 5.01 Å². The van der Waals surface area contributed by atoms with Gasteiger partial charge in [0, 0.05) is 32.2 Å². The number of nitrogens with zero attached hydrogens (tertiary/aromatic N) is 4. The molecule has 7 nitrogen and oxygen atoms in total. The van der Waals surface area contributed by atoms with Crippen molar-refractivity contribution in [2.75, 3.05) is 31.5 Å². The van der Waals surface area contributed by atoms with Crippen LogP contribution < -0.4 is 5.32 Å². The number of likely N-dealkylation sites (tertiary alicyclic amines) is 1. The lowest BCUT2D eigenvalue weighted by Crippen LogP contribution is -2.51. The molecule has 2 saturated heterocycles. The van der Waals surface area contributed by atoms with E-state index in [1.165, 1.54) is 11.3 Å². The van der Waals surface area contributed by atoms with E-state index < -0.39 is 0 Å². The van der Waals surface area contributed by atoms with E-state index in [1.54, 1.807) is 0 Å². The van der Waals surface area contributed by atoms with Gasteiger partial charge < -0.3 is 9.64 Å². The number of ether oxygens (including phenoxy) is 1. The number of hydrogen-bond donors (Lipinski definition) is 1. The van der Waals surface area contributed by atoms with Gasteiger partial charge in [-0.25, -0.2) is 4.79 Å². The Morgan fingerprint density at radius 2 is 2.09 bits per heavy atom. The molecule has 2 aliphatic rings. The lowest BCUT2D eigenvalue weighted by Gasteiger charge is -2.38. The van der Waals surface area contributed by atoms with E-state index in [2.05, 4.69) is 34.3 Å². The lowest BCUT2D eigenvalue weighted by molar-refractivity contribution is -0.0712. The van der Waals surface area contributed by atoms with Gasteiger partial charge in [0.2, 0.25) is 5.13 Å². The minimum absolute atomic E-state index is 0.0574. The summed E-state index contributed by atoms with van der Waals surface area (Å²) in [6.07, 6.45) is 2.63. The second-order valence-electron chi connectivity index (χ2n) is 6.52. The quantitative estimate of drug-likeness (QED) is 0.911. The lowest BCUT2D eigenvalue weighted by atomic mass is 10.1. The third-order valence-corrected chi connectivity index (χ3v) is 5.10. The Labute approximate surface area is 141 Å². The summed E-state index contributed by atoms with van der Waals surface area (Å²) in [7, 11) is 0. The van der Waals surface area contributed by atoms with Crippen molar-refractivity contribution >= 4 is 22.5 Å². The van der Waals surface area contributed by atoms with Crippen molar-refractivity contribution in [1.82, 2.24) is 20.0 Å². The van der Waals surface area contributed by atoms with Crippen LogP contribution in [0.3, 0.4) is 0 Å². The largest absolute Gasteiger partial charge is 0.373 e. The van der Waals surface area contributed by atoms with Crippen LogP contribution in [0.4, 0.5) is 9.93 Å². The van der Waals surface area contributed by atoms with Gasteiger partial charge in [0.15, 0.2) is 0 Å². The minimum Gasteiger partial charge on any atom is -0.373 e. The third-order valence-electron chi connectivity index (χ3n) is 4.34. The fourth-order valence-corrected chi connectivity index (χ4v) is 4.12. The molecule has 0 aliphatic carbocycles. The molecule has 3 heterocycles. The maximum atomic E-state index is 12.5. The van der Waals surface area contributed by atoms with Crippen LogP contribution in [-0.4, -0.2) is 70.5 Å². The third kappa shape index (κ3) is 4.19. The zero-order valence-electron chi connectivity index (χ0n) is 14.0. The van der Waals surface area contributed by atoms with E-state index in [-0.39, 0.29) is 24.3 Å². The van der Waals surface area contributed by atoms with Crippen LogP contribution >= 0.6 is 11.3 Å². The number of nitrogens with one attached hydrogen (secondary N) is 1. The van der Waals surface area contributed by atoms with Gasteiger partial charge >= 0.3 is 6.03 Å². The summed E-state index contributed by atoms with van der Waals surface area (Å²) >= 11 is 1.40. The average Bonchev–Trinajstić information content (AvgIpc) is 3.07. The van der Waals surface area contributed by atoms with Gasteiger partial charge in [-0.05, 0) is 33.6 Å². The molecule has 0 aromatic carbocycles. The molecule has 3 atom stereocenters. The maximum Gasteiger partial charge on any atom is 0.323 e. The van der Waals surface area contributed by atoms with Crippen LogP contribution in [0, 0.1) is 6.92 Å². The number of rotatable bonds is 3. The highest BCUT2D eigenvalue weighted by Crippen LogP contribution is 2.22. The Hall–Kier alpha value is -1.25. The van der Waals surface area contributed by atoms with Gasteiger partial charge in [-0.1, -0.05) is 11.3 Å². The standard InChI is InChI=1S/C15H25N5O2S/c1-10-7-19(8-11(2)22-10)9-13-5-4-6-20(13)15(21)16-14-18-17-12(3)23-14/h10-11,13H,4-9H2,1-3H3,(H,16,18,21)/t10-,11-,13-/m1/s1. The molecule has 8 heteroatoms. The van der Waals surface area contributed by atoms with Gasteiger partial charge in [-0.15, -0.1) is 10.2 Å². The van der Waals surface area contributed by atoms with Crippen LogP contribution in [0.5, 0.6) is 0 Å². The van der Waals surface area contributed by atoms with Crippen molar-refractivity contribution < 1.29 is 9.53 Å². The second kappa shape index (κ2) is 7.11. The zero-order valence-corrected chi connectivity index (χ0v) is 14.8. The summed E-state index contributed by atoms with van der Waals surface area (Å²) in [5.74, 6) is 0. The smallest absolute Gasteiger partial charge is 0.323 e. The van der Waals surface area contributed by atoms with Gasteiger partial charge in [-0.3, -0.25) is 10.2 Å². The van der Waals surface area contributed by atoms with Gasteiger partial charge in [0.05, 0.1) is 12.2 Å². The molecule has 1 aromatic rings. The molecule has 2 amide bonds. The molecule has 0 unspecified atom stereocenters. The van der Waals surface area contributed by atoms with Gasteiger partial charge in [0.25, 0.3) is 0 Å². The highest BCUT2D eigenvalue weighted by molar-refractivity contribution is 7.15. The predicted molar refractivity (Wildman–Crippen MR) is 89.8 cm³/mol. The van der Waals surface area contributed by atoms with E-state index in [9.17, 15) is 4.79 Å². The Bertz CT molecular complexity index is 542. The maximum absolute atomic E-state index is 12.5. The van der Waals surface area contributed by atoms with Crippen LogP contribution in [0.1, 0.15) is 31.7 Å². The van der Waals surface area contributed by atoms with Crippen molar-refractivity contribution in [2.45, 2.75) is 51.9 Å². The first-order valence-corrected chi connectivity index (χ1v) is 9.08. The normalized spacial score (nSPS) is 29.0. The number of urea groups is 1. The number of morpholine rings is 1. The summed E-state index contributed by atoms with van der Waals surface area (Å²) in [6.45, 7) is 9.70. The highest BCUT2D eigenvalue weighted by atomic mass is 32.1. The molecule has 128 valence electrons. The summed E-state index contributed by atoms with van der Waals surface area (Å²) in [5.41, 5.74) is 0. The number of carbonyl (C=O) groups excluding carboxylic acids is 1. The van der Waals surface area contributed by atoms with E-state index in [4.69, 9.17) is 4.74 Å². The fraction of sp³-hybridized carbons (Fsp3) is 0.800. The monoisotopic (exact) mass is 339 g/mol. The molecule has 2 fully saturated rings. The van der Waals surface area contributed by atoms with Crippen molar-refractivity contribution in [3.05, 3.63) is 5.01 Å². The Morgan fingerprint density at radius 3 is 2.74 bits per heavy atom. The average molecular weight is 339 g/mol. The SMILES string of the molecule is Cc1nnc(NC(=O)N2CCC[C@@H]2CN2C[C@@H](C)O[C@H](C)C2)s1. The number of aromatic nitrogens is 2. The number of amides is 2. The van der Waals surface area contributed by atoms with Crippen molar-refractivity contribution in [3.8, 4) is 0 Å². The van der Waals surface area contributed by atoms with Crippen molar-refractivity contribution in [2.24, 2.45) is 0 Å². The molecule has 0 radical (unpaired) electrons. The second-order valence-corrected chi connectivity index (χ2v) is 7.70.